The van der Waals surface area contributed by atoms with E-state index < -0.39 is 10.0 Å². The van der Waals surface area contributed by atoms with Crippen LogP contribution in [0.5, 0.6) is 0 Å². The number of nitrogens with two attached hydrogens (primary N) is 1. The van der Waals surface area contributed by atoms with E-state index in [1.165, 1.54) is 13.0 Å². The first-order valence-electron chi connectivity index (χ1n) is 5.54. The lowest BCUT2D eigenvalue weighted by atomic mass is 10.2. The van der Waals surface area contributed by atoms with Crippen LogP contribution in [0.1, 0.15) is 18.4 Å². The van der Waals surface area contributed by atoms with Crippen LogP contribution >= 0.6 is 23.2 Å². The zero-order valence-corrected chi connectivity index (χ0v) is 12.4. The SMILES string of the molecule is Cc1c(S(N)(=O)=O)cc(Cl)c(NC(=O)C2CC2)c1Cl. The number of halogens is 2. The lowest BCUT2D eigenvalue weighted by Gasteiger charge is -2.13. The second kappa shape index (κ2) is 4.94. The predicted octanol–water partition coefficient (Wildman–Crippen LogP) is 2.30. The fourth-order valence-electron chi connectivity index (χ4n) is 1.68. The minimum absolute atomic E-state index is 0.00893. The summed E-state index contributed by atoms with van der Waals surface area (Å²) in [6.07, 6.45) is 1.69. The highest BCUT2D eigenvalue weighted by Gasteiger charge is 2.31. The first kappa shape index (κ1) is 14.6. The van der Waals surface area contributed by atoms with E-state index in [9.17, 15) is 13.2 Å². The molecule has 19 heavy (non-hydrogen) atoms. The molecule has 0 atom stereocenters. The average molecular weight is 323 g/mol. The van der Waals surface area contributed by atoms with Crippen LogP contribution in [0.15, 0.2) is 11.0 Å². The second-order valence-electron chi connectivity index (χ2n) is 4.48. The second-order valence-corrected chi connectivity index (χ2v) is 6.79. The molecule has 1 amide bonds. The van der Waals surface area contributed by atoms with Crippen molar-refractivity contribution >= 4 is 44.8 Å². The van der Waals surface area contributed by atoms with Crippen LogP contribution in [-0.2, 0) is 14.8 Å². The molecule has 1 aliphatic rings. The Morgan fingerprint density at radius 1 is 1.42 bits per heavy atom. The van der Waals surface area contributed by atoms with Crippen LogP contribution in [0.3, 0.4) is 0 Å². The monoisotopic (exact) mass is 322 g/mol. The third kappa shape index (κ3) is 3.02. The largest absolute Gasteiger partial charge is 0.323 e. The molecule has 0 spiro atoms. The quantitative estimate of drug-likeness (QED) is 0.894. The summed E-state index contributed by atoms with van der Waals surface area (Å²) in [7, 11) is -3.91. The standard InChI is InChI=1S/C11H12Cl2N2O3S/c1-5-8(19(14,17)18)4-7(12)10(9(5)13)15-11(16)6-2-3-6/h4,6H,2-3H2,1H3,(H,15,16)(H2,14,17,18). The summed E-state index contributed by atoms with van der Waals surface area (Å²) < 4.78 is 22.8. The Bertz CT molecular complexity index is 654. The summed E-state index contributed by atoms with van der Waals surface area (Å²) in [6.45, 7) is 1.51. The molecule has 2 rings (SSSR count). The van der Waals surface area contributed by atoms with Gasteiger partial charge in [-0.1, -0.05) is 23.2 Å². The summed E-state index contributed by atoms with van der Waals surface area (Å²) >= 11 is 12.0. The molecule has 1 aromatic carbocycles. The topological polar surface area (TPSA) is 89.3 Å². The van der Waals surface area contributed by atoms with Crippen LogP contribution < -0.4 is 10.5 Å². The predicted molar refractivity (Wildman–Crippen MR) is 73.9 cm³/mol. The third-order valence-corrected chi connectivity index (χ3v) is 4.73. The van der Waals surface area contributed by atoms with E-state index in [1.807, 2.05) is 0 Å². The molecule has 8 heteroatoms. The number of rotatable bonds is 3. The molecule has 5 nitrogen and oxygen atoms in total. The number of anilines is 1. The zero-order chi connectivity index (χ0) is 14.4. The van der Waals surface area contributed by atoms with Crippen molar-refractivity contribution in [3.63, 3.8) is 0 Å². The van der Waals surface area contributed by atoms with Gasteiger partial charge in [-0.3, -0.25) is 4.79 Å². The third-order valence-electron chi connectivity index (χ3n) is 2.92. The van der Waals surface area contributed by atoms with Gasteiger partial charge in [0.2, 0.25) is 15.9 Å². The first-order valence-corrected chi connectivity index (χ1v) is 7.84. The lowest BCUT2D eigenvalue weighted by molar-refractivity contribution is -0.117. The van der Waals surface area contributed by atoms with E-state index >= 15 is 0 Å². The van der Waals surface area contributed by atoms with Gasteiger partial charge < -0.3 is 5.32 Å². The van der Waals surface area contributed by atoms with E-state index in [1.54, 1.807) is 0 Å². The lowest BCUT2D eigenvalue weighted by Crippen LogP contribution is -2.17. The molecule has 0 unspecified atom stereocenters. The molecule has 0 heterocycles. The molecular weight excluding hydrogens is 311 g/mol. The molecule has 0 bridgehead atoms. The molecule has 3 N–H and O–H groups in total. The Labute approximate surface area is 121 Å². The smallest absolute Gasteiger partial charge is 0.238 e. The van der Waals surface area contributed by atoms with E-state index in [4.69, 9.17) is 28.3 Å². The number of hydrogen-bond acceptors (Lipinski definition) is 3. The maximum Gasteiger partial charge on any atom is 0.238 e. The van der Waals surface area contributed by atoms with Crippen LogP contribution in [0.4, 0.5) is 5.69 Å². The Morgan fingerprint density at radius 3 is 2.47 bits per heavy atom. The van der Waals surface area contributed by atoms with Gasteiger partial charge in [-0.05, 0) is 31.4 Å². The molecule has 104 valence electrons. The molecule has 1 aromatic rings. The average Bonchev–Trinajstić information content (AvgIpc) is 3.11. The maximum absolute atomic E-state index is 11.7. The van der Waals surface area contributed by atoms with Gasteiger partial charge in [0.05, 0.1) is 20.6 Å². The number of amides is 1. The highest BCUT2D eigenvalue weighted by Crippen LogP contribution is 2.38. The zero-order valence-electron chi connectivity index (χ0n) is 10.0. The van der Waals surface area contributed by atoms with Gasteiger partial charge in [0.1, 0.15) is 0 Å². The Morgan fingerprint density at radius 2 is 2.00 bits per heavy atom. The van der Waals surface area contributed by atoms with Gasteiger partial charge >= 0.3 is 0 Å². The molecule has 1 saturated carbocycles. The number of nitrogens with one attached hydrogen (secondary N) is 1. The minimum Gasteiger partial charge on any atom is -0.323 e. The Hall–Kier alpha value is -0.820. The molecular formula is C11H12Cl2N2O3S. The van der Waals surface area contributed by atoms with Crippen LogP contribution in [0.25, 0.3) is 0 Å². The minimum atomic E-state index is -3.91. The summed E-state index contributed by atoms with van der Waals surface area (Å²) in [4.78, 5) is 11.6. The van der Waals surface area contributed by atoms with E-state index in [0.29, 0.717) is 0 Å². The number of carbonyl (C=O) groups is 1. The normalized spacial score (nSPS) is 15.4. The number of sulfonamides is 1. The molecule has 0 radical (unpaired) electrons. The maximum atomic E-state index is 11.7. The van der Waals surface area contributed by atoms with Gasteiger partial charge in [-0.25, -0.2) is 13.6 Å². The van der Waals surface area contributed by atoms with E-state index in [-0.39, 0.29) is 38.0 Å². The van der Waals surface area contributed by atoms with E-state index in [0.717, 1.165) is 12.8 Å². The Kier molecular flexibility index (Phi) is 3.79. The van der Waals surface area contributed by atoms with Gasteiger partial charge in [0, 0.05) is 5.92 Å². The van der Waals surface area contributed by atoms with Crippen molar-refractivity contribution in [1.82, 2.24) is 0 Å². The Balaban J connectivity index is 2.46. The molecule has 0 aromatic heterocycles. The number of benzene rings is 1. The molecule has 0 saturated heterocycles. The highest BCUT2D eigenvalue weighted by molar-refractivity contribution is 7.89. The molecule has 1 fully saturated rings. The van der Waals surface area contributed by atoms with E-state index in [2.05, 4.69) is 5.32 Å². The number of hydrogen-bond donors (Lipinski definition) is 2. The van der Waals surface area contributed by atoms with Crippen molar-refractivity contribution in [3.8, 4) is 0 Å². The first-order chi connectivity index (χ1) is 8.71. The van der Waals surface area contributed by atoms with Crippen molar-refractivity contribution in [2.75, 3.05) is 5.32 Å². The fourth-order valence-corrected chi connectivity index (χ4v) is 3.16. The van der Waals surface area contributed by atoms with Crippen LogP contribution in [0, 0.1) is 12.8 Å². The fraction of sp³-hybridized carbons (Fsp3) is 0.364. The van der Waals surface area contributed by atoms with Gasteiger partial charge in [-0.2, -0.15) is 0 Å². The van der Waals surface area contributed by atoms with Crippen molar-refractivity contribution in [1.29, 1.82) is 0 Å². The summed E-state index contributed by atoms with van der Waals surface area (Å²) in [6, 6.07) is 1.20. The number of primary sulfonamides is 1. The van der Waals surface area contributed by atoms with Gasteiger partial charge in [-0.15, -0.1) is 0 Å². The summed E-state index contributed by atoms with van der Waals surface area (Å²) in [5.41, 5.74) is 0.491. The highest BCUT2D eigenvalue weighted by atomic mass is 35.5. The van der Waals surface area contributed by atoms with Gasteiger partial charge in [0.25, 0.3) is 0 Å². The summed E-state index contributed by atoms with van der Waals surface area (Å²) in [5.74, 6) is -0.170. The molecule has 1 aliphatic carbocycles. The number of carbonyl (C=O) groups excluding carboxylic acids is 1. The van der Waals surface area contributed by atoms with Crippen LogP contribution in [-0.4, -0.2) is 14.3 Å². The van der Waals surface area contributed by atoms with Crippen molar-refractivity contribution in [3.05, 3.63) is 21.7 Å². The molecule has 0 aliphatic heterocycles. The van der Waals surface area contributed by atoms with Crippen LogP contribution in [0.2, 0.25) is 10.0 Å². The van der Waals surface area contributed by atoms with Crippen molar-refractivity contribution < 1.29 is 13.2 Å². The van der Waals surface area contributed by atoms with Gasteiger partial charge in [0.15, 0.2) is 0 Å². The van der Waals surface area contributed by atoms with Crippen molar-refractivity contribution in [2.45, 2.75) is 24.7 Å². The summed E-state index contributed by atoms with van der Waals surface area (Å²) in [5, 5.41) is 7.83. The van der Waals surface area contributed by atoms with Crippen molar-refractivity contribution in [2.24, 2.45) is 11.1 Å².